The van der Waals surface area contributed by atoms with Crippen LogP contribution in [-0.4, -0.2) is 48.6 Å². The van der Waals surface area contributed by atoms with Gasteiger partial charge in [0, 0.05) is 32.7 Å². The Bertz CT molecular complexity index is 364. The SMILES string of the molecule is COCCC(C)N1CCC(=O)NC2(CCCCC2)C1=O. The van der Waals surface area contributed by atoms with Gasteiger partial charge in [-0.25, -0.2) is 0 Å². The summed E-state index contributed by atoms with van der Waals surface area (Å²) in [7, 11) is 1.67. The summed E-state index contributed by atoms with van der Waals surface area (Å²) in [6, 6.07) is 0.119. The first-order valence-corrected chi connectivity index (χ1v) is 7.70. The summed E-state index contributed by atoms with van der Waals surface area (Å²) < 4.78 is 5.11. The van der Waals surface area contributed by atoms with Crippen molar-refractivity contribution < 1.29 is 14.3 Å². The highest BCUT2D eigenvalue weighted by atomic mass is 16.5. The van der Waals surface area contributed by atoms with E-state index in [2.05, 4.69) is 5.32 Å². The number of carbonyl (C=O) groups is 2. The number of carbonyl (C=O) groups excluding carboxylic acids is 2. The van der Waals surface area contributed by atoms with E-state index in [1.54, 1.807) is 7.11 Å². The summed E-state index contributed by atoms with van der Waals surface area (Å²) in [6.07, 6.45) is 5.98. The predicted molar refractivity (Wildman–Crippen MR) is 76.2 cm³/mol. The summed E-state index contributed by atoms with van der Waals surface area (Å²) in [5, 5.41) is 3.02. The third-order valence-electron chi connectivity index (χ3n) is 4.61. The zero-order chi connectivity index (χ0) is 14.6. The normalized spacial score (nSPS) is 24.4. The summed E-state index contributed by atoms with van der Waals surface area (Å²) in [5.74, 6) is 0.133. The van der Waals surface area contributed by atoms with Crippen molar-refractivity contribution in [2.24, 2.45) is 0 Å². The summed E-state index contributed by atoms with van der Waals surface area (Å²) in [6.45, 7) is 3.21. The van der Waals surface area contributed by atoms with Crippen LogP contribution in [0.3, 0.4) is 0 Å². The van der Waals surface area contributed by atoms with Crippen molar-refractivity contribution >= 4 is 11.8 Å². The van der Waals surface area contributed by atoms with Gasteiger partial charge in [-0.2, -0.15) is 0 Å². The number of hydrogen-bond acceptors (Lipinski definition) is 3. The monoisotopic (exact) mass is 282 g/mol. The van der Waals surface area contributed by atoms with Gasteiger partial charge < -0.3 is 15.0 Å². The third-order valence-corrected chi connectivity index (χ3v) is 4.61. The molecule has 5 nitrogen and oxygen atoms in total. The Morgan fingerprint density at radius 3 is 2.65 bits per heavy atom. The van der Waals surface area contributed by atoms with Crippen molar-refractivity contribution in [3.05, 3.63) is 0 Å². The van der Waals surface area contributed by atoms with Crippen LogP contribution in [0.4, 0.5) is 0 Å². The Labute approximate surface area is 121 Å². The predicted octanol–water partition coefficient (Wildman–Crippen LogP) is 1.46. The molecule has 114 valence electrons. The molecule has 0 aromatic rings. The van der Waals surface area contributed by atoms with Gasteiger partial charge in [0.25, 0.3) is 0 Å². The quantitative estimate of drug-likeness (QED) is 0.849. The van der Waals surface area contributed by atoms with Gasteiger partial charge in [-0.15, -0.1) is 0 Å². The first-order chi connectivity index (χ1) is 9.59. The number of rotatable bonds is 4. The lowest BCUT2D eigenvalue weighted by Gasteiger charge is -2.40. The van der Waals surface area contributed by atoms with E-state index >= 15 is 0 Å². The summed E-state index contributed by atoms with van der Waals surface area (Å²) in [5.41, 5.74) is -0.632. The molecule has 1 saturated carbocycles. The van der Waals surface area contributed by atoms with E-state index in [9.17, 15) is 9.59 Å². The molecule has 1 aliphatic carbocycles. The third kappa shape index (κ3) is 3.14. The standard InChI is InChI=1S/C15H26N2O3/c1-12(7-11-20-2)17-10-6-13(18)16-15(14(17)19)8-4-3-5-9-15/h12H,3-11H2,1-2H3,(H,16,18). The Kier molecular flexibility index (Phi) is 5.02. The van der Waals surface area contributed by atoms with Gasteiger partial charge in [-0.05, 0) is 26.2 Å². The van der Waals surface area contributed by atoms with Crippen molar-refractivity contribution in [1.29, 1.82) is 0 Å². The molecule has 1 aliphatic heterocycles. The van der Waals surface area contributed by atoms with E-state index in [1.807, 2.05) is 11.8 Å². The Morgan fingerprint density at radius 1 is 1.30 bits per heavy atom. The topological polar surface area (TPSA) is 58.6 Å². The molecule has 0 bridgehead atoms. The highest BCUT2D eigenvalue weighted by molar-refractivity contribution is 5.93. The average Bonchev–Trinajstić information content (AvgIpc) is 2.56. The fourth-order valence-corrected chi connectivity index (χ4v) is 3.34. The molecule has 0 aromatic heterocycles. The lowest BCUT2D eigenvalue weighted by molar-refractivity contribution is -0.142. The largest absolute Gasteiger partial charge is 0.385 e. The Hall–Kier alpha value is -1.10. The van der Waals surface area contributed by atoms with Gasteiger partial charge in [-0.1, -0.05) is 19.3 Å². The molecule has 1 unspecified atom stereocenters. The van der Waals surface area contributed by atoms with Crippen molar-refractivity contribution in [1.82, 2.24) is 10.2 Å². The number of amides is 2. The van der Waals surface area contributed by atoms with Crippen LogP contribution in [0.1, 0.15) is 51.9 Å². The summed E-state index contributed by atoms with van der Waals surface area (Å²) >= 11 is 0. The van der Waals surface area contributed by atoms with Crippen molar-refractivity contribution in [3.8, 4) is 0 Å². The molecule has 2 rings (SSSR count). The molecule has 1 spiro atoms. The molecule has 1 saturated heterocycles. The number of methoxy groups -OCH3 is 1. The number of hydrogen-bond donors (Lipinski definition) is 1. The molecule has 5 heteroatoms. The van der Waals surface area contributed by atoms with Crippen LogP contribution in [0, 0.1) is 0 Å². The zero-order valence-electron chi connectivity index (χ0n) is 12.6. The minimum absolute atomic E-state index is 0.0155. The van der Waals surface area contributed by atoms with E-state index in [0.717, 1.165) is 38.5 Å². The second-order valence-corrected chi connectivity index (χ2v) is 6.07. The van der Waals surface area contributed by atoms with Gasteiger partial charge in [0.05, 0.1) is 0 Å². The van der Waals surface area contributed by atoms with E-state index in [1.165, 1.54) is 0 Å². The van der Waals surface area contributed by atoms with Crippen molar-refractivity contribution in [2.75, 3.05) is 20.3 Å². The van der Waals surface area contributed by atoms with Gasteiger partial charge in [0.2, 0.25) is 11.8 Å². The molecule has 20 heavy (non-hydrogen) atoms. The zero-order valence-corrected chi connectivity index (χ0v) is 12.6. The second kappa shape index (κ2) is 6.57. The fourth-order valence-electron chi connectivity index (χ4n) is 3.34. The highest BCUT2D eigenvalue weighted by Crippen LogP contribution is 2.32. The average molecular weight is 282 g/mol. The highest BCUT2D eigenvalue weighted by Gasteiger charge is 2.45. The minimum Gasteiger partial charge on any atom is -0.385 e. The maximum absolute atomic E-state index is 12.9. The molecule has 1 heterocycles. The van der Waals surface area contributed by atoms with Crippen molar-refractivity contribution in [3.63, 3.8) is 0 Å². The molecule has 0 aromatic carbocycles. The molecule has 2 fully saturated rings. The summed E-state index contributed by atoms with van der Waals surface area (Å²) in [4.78, 5) is 26.8. The molecule has 1 N–H and O–H groups in total. The smallest absolute Gasteiger partial charge is 0.248 e. The molecular weight excluding hydrogens is 256 g/mol. The fraction of sp³-hybridized carbons (Fsp3) is 0.867. The van der Waals surface area contributed by atoms with Crippen LogP contribution in [0.15, 0.2) is 0 Å². The second-order valence-electron chi connectivity index (χ2n) is 6.07. The molecule has 2 amide bonds. The molecule has 1 atom stereocenters. The van der Waals surface area contributed by atoms with E-state index in [4.69, 9.17) is 4.74 Å². The lowest BCUT2D eigenvalue weighted by atomic mass is 9.80. The van der Waals surface area contributed by atoms with Gasteiger partial charge in [0.1, 0.15) is 5.54 Å². The van der Waals surface area contributed by atoms with Crippen LogP contribution in [0.25, 0.3) is 0 Å². The molecule has 0 radical (unpaired) electrons. The Morgan fingerprint density at radius 2 is 2.00 bits per heavy atom. The van der Waals surface area contributed by atoms with Crippen LogP contribution >= 0.6 is 0 Å². The Balaban J connectivity index is 2.16. The number of ether oxygens (including phenoxy) is 1. The van der Waals surface area contributed by atoms with Crippen LogP contribution in [-0.2, 0) is 14.3 Å². The van der Waals surface area contributed by atoms with E-state index in [0.29, 0.717) is 19.6 Å². The van der Waals surface area contributed by atoms with Crippen LogP contribution < -0.4 is 5.32 Å². The lowest BCUT2D eigenvalue weighted by Crippen LogP contribution is -2.59. The van der Waals surface area contributed by atoms with Gasteiger partial charge in [-0.3, -0.25) is 9.59 Å². The van der Waals surface area contributed by atoms with E-state index in [-0.39, 0.29) is 17.9 Å². The molecular formula is C15H26N2O3. The van der Waals surface area contributed by atoms with Gasteiger partial charge >= 0.3 is 0 Å². The van der Waals surface area contributed by atoms with Crippen LogP contribution in [0.5, 0.6) is 0 Å². The minimum atomic E-state index is -0.632. The first-order valence-electron chi connectivity index (χ1n) is 7.70. The van der Waals surface area contributed by atoms with Crippen LogP contribution in [0.2, 0.25) is 0 Å². The molecule has 2 aliphatic rings. The maximum atomic E-state index is 12.9. The maximum Gasteiger partial charge on any atom is 0.248 e. The number of nitrogens with zero attached hydrogens (tertiary/aromatic N) is 1. The number of nitrogens with one attached hydrogen (secondary N) is 1. The van der Waals surface area contributed by atoms with E-state index < -0.39 is 5.54 Å². The van der Waals surface area contributed by atoms with Crippen molar-refractivity contribution in [2.45, 2.75) is 63.5 Å². The van der Waals surface area contributed by atoms with Gasteiger partial charge in [0.15, 0.2) is 0 Å². The first kappa shape index (κ1) is 15.3.